The molecule has 0 saturated carbocycles. The molecular formula is C18H17FN2O2. The molecule has 2 aromatic rings. The molecule has 1 fully saturated rings. The molecule has 0 aromatic heterocycles. The van der Waals surface area contributed by atoms with E-state index in [1.165, 1.54) is 12.1 Å². The van der Waals surface area contributed by atoms with Crippen LogP contribution in [0.2, 0.25) is 0 Å². The highest BCUT2D eigenvalue weighted by Crippen LogP contribution is 2.34. The Bertz CT molecular complexity index is 745. The van der Waals surface area contributed by atoms with Gasteiger partial charge in [-0.05, 0) is 29.3 Å². The lowest BCUT2D eigenvalue weighted by Gasteiger charge is -2.34. The third kappa shape index (κ3) is 2.47. The van der Waals surface area contributed by atoms with Crippen molar-refractivity contribution in [2.45, 2.75) is 6.04 Å². The number of carbonyl (C=O) groups excluding carboxylic acids is 1. The molecule has 1 atom stereocenters. The molecule has 118 valence electrons. The Labute approximate surface area is 133 Å². The van der Waals surface area contributed by atoms with Gasteiger partial charge >= 0.3 is 0 Å². The van der Waals surface area contributed by atoms with Crippen LogP contribution in [-0.4, -0.2) is 43.1 Å². The molecule has 2 aromatic carbocycles. The minimum Gasteiger partial charge on any atom is -0.491 e. The number of fused-ring (bicyclic) bond motifs is 2. The van der Waals surface area contributed by atoms with E-state index in [9.17, 15) is 9.18 Å². The van der Waals surface area contributed by atoms with E-state index in [2.05, 4.69) is 5.32 Å². The van der Waals surface area contributed by atoms with Crippen molar-refractivity contribution in [3.63, 3.8) is 0 Å². The van der Waals surface area contributed by atoms with Crippen molar-refractivity contribution < 1.29 is 13.9 Å². The summed E-state index contributed by atoms with van der Waals surface area (Å²) in [5, 5.41) is 3.30. The molecule has 4 nitrogen and oxygen atoms in total. The fourth-order valence-electron chi connectivity index (χ4n) is 3.25. The molecule has 1 saturated heterocycles. The normalized spacial score (nSPS) is 20.3. The molecule has 0 radical (unpaired) electrons. The van der Waals surface area contributed by atoms with E-state index >= 15 is 0 Å². The number of carbonyl (C=O) groups is 1. The summed E-state index contributed by atoms with van der Waals surface area (Å²) in [6, 6.07) is 11.8. The van der Waals surface area contributed by atoms with E-state index in [1.54, 1.807) is 12.1 Å². The third-order valence-corrected chi connectivity index (χ3v) is 4.44. The van der Waals surface area contributed by atoms with Crippen LogP contribution in [0, 0.1) is 5.82 Å². The summed E-state index contributed by atoms with van der Waals surface area (Å²) in [6.45, 7) is 2.69. The zero-order valence-corrected chi connectivity index (χ0v) is 12.6. The van der Waals surface area contributed by atoms with Gasteiger partial charge in [0.2, 0.25) is 0 Å². The number of ether oxygens (including phenoxy) is 1. The predicted octanol–water partition coefficient (Wildman–Crippen LogP) is 2.30. The van der Waals surface area contributed by atoms with Crippen molar-refractivity contribution in [3.05, 3.63) is 53.8 Å². The summed E-state index contributed by atoms with van der Waals surface area (Å²) in [5.41, 5.74) is 2.17. The van der Waals surface area contributed by atoms with Gasteiger partial charge in [0.05, 0.1) is 11.6 Å². The summed E-state index contributed by atoms with van der Waals surface area (Å²) in [5.74, 6) is 0.302. The van der Waals surface area contributed by atoms with Crippen molar-refractivity contribution >= 4 is 5.91 Å². The summed E-state index contributed by atoms with van der Waals surface area (Å²) in [4.78, 5) is 15.0. The predicted molar refractivity (Wildman–Crippen MR) is 85.0 cm³/mol. The van der Waals surface area contributed by atoms with Gasteiger partial charge < -0.3 is 15.0 Å². The number of benzene rings is 2. The standard InChI is InChI=1S/C18H17FN2O2/c19-13-6-4-12(5-7-13)15-2-1-3-16-17(15)18(22)21-9-8-20-10-14(21)11-23-16/h1-7,14,20H,8-11H2. The van der Waals surface area contributed by atoms with E-state index < -0.39 is 0 Å². The molecule has 1 unspecified atom stereocenters. The summed E-state index contributed by atoms with van der Waals surface area (Å²) < 4.78 is 19.1. The van der Waals surface area contributed by atoms with Crippen LogP contribution in [0.5, 0.6) is 5.75 Å². The van der Waals surface area contributed by atoms with Gasteiger partial charge in [-0.3, -0.25) is 4.79 Å². The maximum absolute atomic E-state index is 13.2. The van der Waals surface area contributed by atoms with Gasteiger partial charge in [-0.25, -0.2) is 4.39 Å². The molecule has 23 heavy (non-hydrogen) atoms. The molecule has 2 heterocycles. The van der Waals surface area contributed by atoms with Crippen molar-refractivity contribution in [2.24, 2.45) is 0 Å². The Hall–Kier alpha value is -2.40. The first-order chi connectivity index (χ1) is 11.2. The quantitative estimate of drug-likeness (QED) is 0.878. The van der Waals surface area contributed by atoms with Crippen LogP contribution in [0.3, 0.4) is 0 Å². The summed E-state index contributed by atoms with van der Waals surface area (Å²) in [7, 11) is 0. The lowest BCUT2D eigenvalue weighted by atomic mass is 9.97. The first kappa shape index (κ1) is 14.2. The first-order valence-electron chi connectivity index (χ1n) is 7.77. The van der Waals surface area contributed by atoms with Gasteiger partial charge in [0.1, 0.15) is 18.2 Å². The molecule has 0 spiro atoms. The van der Waals surface area contributed by atoms with Crippen LogP contribution in [-0.2, 0) is 0 Å². The second kappa shape index (κ2) is 5.66. The highest BCUT2D eigenvalue weighted by molar-refractivity contribution is 6.04. The molecule has 4 rings (SSSR count). The number of amides is 1. The Kier molecular flexibility index (Phi) is 3.50. The fraction of sp³-hybridized carbons (Fsp3) is 0.278. The van der Waals surface area contributed by atoms with E-state index in [1.807, 2.05) is 23.1 Å². The number of nitrogens with one attached hydrogen (secondary N) is 1. The van der Waals surface area contributed by atoms with Gasteiger partial charge in [-0.1, -0.05) is 24.3 Å². The molecule has 0 bridgehead atoms. The topological polar surface area (TPSA) is 41.6 Å². The molecule has 1 N–H and O–H groups in total. The molecule has 5 heteroatoms. The van der Waals surface area contributed by atoms with E-state index in [0.717, 1.165) is 24.2 Å². The smallest absolute Gasteiger partial charge is 0.258 e. The average molecular weight is 312 g/mol. The van der Waals surface area contributed by atoms with E-state index in [0.29, 0.717) is 24.5 Å². The maximum Gasteiger partial charge on any atom is 0.258 e. The largest absolute Gasteiger partial charge is 0.491 e. The van der Waals surface area contributed by atoms with Gasteiger partial charge in [-0.15, -0.1) is 0 Å². The first-order valence-corrected chi connectivity index (χ1v) is 7.77. The average Bonchev–Trinajstić information content (AvgIpc) is 2.73. The molecule has 0 aliphatic carbocycles. The minimum absolute atomic E-state index is 0.0103. The Morgan fingerprint density at radius 2 is 2.00 bits per heavy atom. The lowest BCUT2D eigenvalue weighted by Crippen LogP contribution is -2.54. The maximum atomic E-state index is 13.2. The number of nitrogens with zero attached hydrogens (tertiary/aromatic N) is 1. The Balaban J connectivity index is 1.83. The monoisotopic (exact) mass is 312 g/mol. The number of hydrogen-bond donors (Lipinski definition) is 1. The highest BCUT2D eigenvalue weighted by atomic mass is 19.1. The van der Waals surface area contributed by atoms with Crippen LogP contribution in [0.15, 0.2) is 42.5 Å². The van der Waals surface area contributed by atoms with Crippen LogP contribution in [0.25, 0.3) is 11.1 Å². The highest BCUT2D eigenvalue weighted by Gasteiger charge is 2.34. The Morgan fingerprint density at radius 3 is 2.83 bits per heavy atom. The number of piperazine rings is 1. The number of hydrogen-bond acceptors (Lipinski definition) is 3. The minimum atomic E-state index is -0.291. The zero-order valence-electron chi connectivity index (χ0n) is 12.6. The molecule has 1 amide bonds. The van der Waals surface area contributed by atoms with Gasteiger partial charge in [0.15, 0.2) is 0 Å². The Morgan fingerprint density at radius 1 is 1.17 bits per heavy atom. The number of rotatable bonds is 1. The second-order valence-electron chi connectivity index (χ2n) is 5.85. The van der Waals surface area contributed by atoms with E-state index in [4.69, 9.17) is 4.74 Å². The van der Waals surface area contributed by atoms with Crippen LogP contribution < -0.4 is 10.1 Å². The van der Waals surface area contributed by atoms with Gasteiger partial charge in [-0.2, -0.15) is 0 Å². The lowest BCUT2D eigenvalue weighted by molar-refractivity contribution is 0.0607. The van der Waals surface area contributed by atoms with Gasteiger partial charge in [0.25, 0.3) is 5.91 Å². The van der Waals surface area contributed by atoms with Crippen molar-refractivity contribution in [1.29, 1.82) is 0 Å². The van der Waals surface area contributed by atoms with E-state index in [-0.39, 0.29) is 17.8 Å². The zero-order chi connectivity index (χ0) is 15.8. The van der Waals surface area contributed by atoms with Crippen LogP contribution in [0.4, 0.5) is 4.39 Å². The van der Waals surface area contributed by atoms with Crippen LogP contribution >= 0.6 is 0 Å². The molecule has 2 aliphatic heterocycles. The van der Waals surface area contributed by atoms with Crippen molar-refractivity contribution in [2.75, 3.05) is 26.2 Å². The van der Waals surface area contributed by atoms with Crippen molar-refractivity contribution in [3.8, 4) is 16.9 Å². The summed E-state index contributed by atoms with van der Waals surface area (Å²) >= 11 is 0. The van der Waals surface area contributed by atoms with Crippen LogP contribution in [0.1, 0.15) is 10.4 Å². The molecule has 2 aliphatic rings. The number of halogens is 1. The van der Waals surface area contributed by atoms with Crippen molar-refractivity contribution in [1.82, 2.24) is 10.2 Å². The van der Waals surface area contributed by atoms with Gasteiger partial charge in [0, 0.05) is 19.6 Å². The summed E-state index contributed by atoms with van der Waals surface area (Å²) in [6.07, 6.45) is 0. The second-order valence-corrected chi connectivity index (χ2v) is 5.85. The molecular weight excluding hydrogens is 295 g/mol. The fourth-order valence-corrected chi connectivity index (χ4v) is 3.25. The third-order valence-electron chi connectivity index (χ3n) is 4.44. The SMILES string of the molecule is O=C1c2c(cccc2-c2ccc(F)cc2)OCC2CNCCN12.